The van der Waals surface area contributed by atoms with Crippen molar-refractivity contribution in [2.75, 3.05) is 20.3 Å². The van der Waals surface area contributed by atoms with Gasteiger partial charge in [-0.2, -0.15) is 5.10 Å². The van der Waals surface area contributed by atoms with Gasteiger partial charge in [-0.25, -0.2) is 13.8 Å². The molecular formula is C31H32F2N4O4. The molecule has 3 heterocycles. The molecule has 1 aliphatic heterocycles. The van der Waals surface area contributed by atoms with Crippen LogP contribution in [0.3, 0.4) is 0 Å². The fraction of sp³-hybridized carbons (Fsp3) is 0.355. The number of fused-ring (bicyclic) bond motifs is 1. The lowest BCUT2D eigenvalue weighted by Crippen LogP contribution is -2.45. The van der Waals surface area contributed by atoms with Crippen molar-refractivity contribution in [2.45, 2.75) is 51.2 Å². The third-order valence-electron chi connectivity index (χ3n) is 7.35. The van der Waals surface area contributed by atoms with Crippen molar-refractivity contribution in [1.82, 2.24) is 20.5 Å². The van der Waals surface area contributed by atoms with Gasteiger partial charge in [0.2, 0.25) is 0 Å². The predicted octanol–water partition coefficient (Wildman–Crippen LogP) is 5.34. The number of aliphatic hydroxyl groups is 1. The van der Waals surface area contributed by atoms with Crippen LogP contribution >= 0.6 is 0 Å². The molecule has 0 saturated carbocycles. The van der Waals surface area contributed by atoms with Crippen LogP contribution in [0.4, 0.5) is 8.78 Å². The second-order valence-corrected chi connectivity index (χ2v) is 10.9. The zero-order valence-corrected chi connectivity index (χ0v) is 23.4. The number of ether oxygens (including phenoxy) is 2. The molecule has 41 heavy (non-hydrogen) atoms. The lowest BCUT2D eigenvalue weighted by atomic mass is 9.86. The van der Waals surface area contributed by atoms with Crippen molar-refractivity contribution in [3.63, 3.8) is 0 Å². The Bertz CT molecular complexity index is 1600. The Balaban J connectivity index is 1.54. The van der Waals surface area contributed by atoms with Crippen molar-refractivity contribution >= 4 is 16.8 Å². The molecule has 2 aromatic heterocycles. The van der Waals surface area contributed by atoms with Crippen LogP contribution in [0.15, 0.2) is 48.5 Å². The van der Waals surface area contributed by atoms with Gasteiger partial charge >= 0.3 is 0 Å². The summed E-state index contributed by atoms with van der Waals surface area (Å²) in [5, 5.41) is 22.8. The van der Waals surface area contributed by atoms with E-state index in [9.17, 15) is 14.3 Å². The minimum absolute atomic E-state index is 0.0254. The lowest BCUT2D eigenvalue weighted by molar-refractivity contribution is -0.0838. The number of amides is 1. The highest BCUT2D eigenvalue weighted by atomic mass is 19.1. The average Bonchev–Trinajstić information content (AvgIpc) is 2.95. The van der Waals surface area contributed by atoms with Gasteiger partial charge in [0.15, 0.2) is 5.82 Å². The number of pyridine rings is 1. The molecule has 4 aromatic rings. The summed E-state index contributed by atoms with van der Waals surface area (Å²) in [6.07, 6.45) is 2.12. The topological polar surface area (TPSA) is 106 Å². The number of halogens is 2. The zero-order valence-electron chi connectivity index (χ0n) is 23.4. The Morgan fingerprint density at radius 3 is 2.54 bits per heavy atom. The Hall–Kier alpha value is -4.02. The summed E-state index contributed by atoms with van der Waals surface area (Å²) >= 11 is 0. The number of rotatable bonds is 7. The quantitative estimate of drug-likeness (QED) is 0.313. The SMILES string of the molecule is COc1cc(C(=O)NCC2(c3cc(C(C)(C)O)c(F)c(-c4ccc(F)cc4)n3)CCCCO2)cc2cc(C)nnc12. The summed E-state index contributed by atoms with van der Waals surface area (Å²) in [7, 11) is 1.50. The maximum absolute atomic E-state index is 15.7. The molecule has 1 saturated heterocycles. The second kappa shape index (κ2) is 11.1. The Morgan fingerprint density at radius 1 is 1.12 bits per heavy atom. The molecule has 10 heteroatoms. The number of aromatic nitrogens is 3. The number of aryl methyl sites for hydroxylation is 1. The minimum atomic E-state index is -1.54. The van der Waals surface area contributed by atoms with Crippen LogP contribution < -0.4 is 10.1 Å². The van der Waals surface area contributed by atoms with Crippen molar-refractivity contribution < 1.29 is 28.2 Å². The molecule has 1 unspecified atom stereocenters. The van der Waals surface area contributed by atoms with E-state index in [1.165, 1.54) is 51.3 Å². The first-order valence-corrected chi connectivity index (χ1v) is 13.4. The highest BCUT2D eigenvalue weighted by Gasteiger charge is 2.40. The molecule has 0 radical (unpaired) electrons. The molecule has 1 fully saturated rings. The third kappa shape index (κ3) is 5.75. The maximum Gasteiger partial charge on any atom is 0.251 e. The number of hydrogen-bond donors (Lipinski definition) is 2. The number of hydrogen-bond acceptors (Lipinski definition) is 7. The van der Waals surface area contributed by atoms with E-state index in [0.29, 0.717) is 52.2 Å². The van der Waals surface area contributed by atoms with E-state index < -0.39 is 22.8 Å². The van der Waals surface area contributed by atoms with Gasteiger partial charge in [0.1, 0.15) is 28.4 Å². The third-order valence-corrected chi connectivity index (χ3v) is 7.35. The summed E-state index contributed by atoms with van der Waals surface area (Å²) in [4.78, 5) is 18.1. The largest absolute Gasteiger partial charge is 0.494 e. The number of nitrogens with one attached hydrogen (secondary N) is 1. The average molecular weight is 563 g/mol. The molecule has 1 amide bonds. The number of carbonyl (C=O) groups excluding carboxylic acids is 1. The number of nitrogens with zero attached hydrogens (tertiary/aromatic N) is 3. The normalized spacial score (nSPS) is 17.4. The van der Waals surface area contributed by atoms with E-state index in [1.54, 1.807) is 12.1 Å². The van der Waals surface area contributed by atoms with Crippen LogP contribution in [-0.4, -0.2) is 46.5 Å². The monoisotopic (exact) mass is 562 g/mol. The van der Waals surface area contributed by atoms with E-state index >= 15 is 4.39 Å². The van der Waals surface area contributed by atoms with Crippen LogP contribution in [0.25, 0.3) is 22.2 Å². The Kier molecular flexibility index (Phi) is 7.72. The molecule has 1 atom stereocenters. The van der Waals surface area contributed by atoms with Crippen LogP contribution in [-0.2, 0) is 15.9 Å². The summed E-state index contributed by atoms with van der Waals surface area (Å²) in [6.45, 7) is 5.25. The van der Waals surface area contributed by atoms with Crippen LogP contribution in [0.2, 0.25) is 0 Å². The van der Waals surface area contributed by atoms with Crippen molar-refractivity contribution in [1.29, 1.82) is 0 Å². The van der Waals surface area contributed by atoms with Gasteiger partial charge in [-0.15, -0.1) is 5.10 Å². The molecule has 5 rings (SSSR count). The van der Waals surface area contributed by atoms with Crippen LogP contribution in [0, 0.1) is 18.6 Å². The van der Waals surface area contributed by atoms with E-state index in [0.717, 1.165) is 12.8 Å². The zero-order chi connectivity index (χ0) is 29.4. The van der Waals surface area contributed by atoms with Gasteiger partial charge in [0.25, 0.3) is 5.91 Å². The highest BCUT2D eigenvalue weighted by molar-refractivity contribution is 5.99. The van der Waals surface area contributed by atoms with Gasteiger partial charge in [0, 0.05) is 28.7 Å². The van der Waals surface area contributed by atoms with E-state index in [2.05, 4.69) is 20.5 Å². The molecule has 214 valence electrons. The van der Waals surface area contributed by atoms with Gasteiger partial charge < -0.3 is 19.9 Å². The molecule has 2 N–H and O–H groups in total. The van der Waals surface area contributed by atoms with Gasteiger partial charge in [-0.3, -0.25) is 4.79 Å². The summed E-state index contributed by atoms with van der Waals surface area (Å²) in [6, 6.07) is 12.0. The Labute approximate surface area is 236 Å². The fourth-order valence-electron chi connectivity index (χ4n) is 5.13. The van der Waals surface area contributed by atoms with Gasteiger partial charge in [-0.1, -0.05) is 0 Å². The molecule has 2 aromatic carbocycles. The second-order valence-electron chi connectivity index (χ2n) is 10.9. The van der Waals surface area contributed by atoms with Crippen LogP contribution in [0.1, 0.15) is 60.4 Å². The number of methoxy groups -OCH3 is 1. The lowest BCUT2D eigenvalue weighted by Gasteiger charge is -2.38. The molecule has 0 spiro atoms. The first-order chi connectivity index (χ1) is 19.5. The maximum atomic E-state index is 15.7. The highest BCUT2D eigenvalue weighted by Crippen LogP contribution is 2.39. The standard InChI is InChI=1S/C31H32F2N4O4/c1-18-13-20-14-21(15-24(40-4)27(20)37-36-18)29(38)34-17-31(11-5-6-12-41-31)25-16-23(30(2,3)39)26(33)28(35-25)19-7-9-22(32)10-8-19/h7-10,13-16,39H,5-6,11-12,17H2,1-4H3,(H,34,38). The van der Waals surface area contributed by atoms with Crippen molar-refractivity contribution in [2.24, 2.45) is 0 Å². The number of carbonyl (C=O) groups is 1. The molecule has 8 nitrogen and oxygen atoms in total. The fourth-order valence-corrected chi connectivity index (χ4v) is 5.13. The first-order valence-electron chi connectivity index (χ1n) is 13.4. The van der Waals surface area contributed by atoms with E-state index in [4.69, 9.17) is 9.47 Å². The van der Waals surface area contributed by atoms with E-state index in [-0.39, 0.29) is 23.7 Å². The van der Waals surface area contributed by atoms with Crippen molar-refractivity contribution in [3.05, 3.63) is 82.7 Å². The predicted molar refractivity (Wildman–Crippen MR) is 149 cm³/mol. The summed E-state index contributed by atoms with van der Waals surface area (Å²) in [5.74, 6) is -1.11. The van der Waals surface area contributed by atoms with Crippen LogP contribution in [0.5, 0.6) is 5.75 Å². The number of benzene rings is 2. The van der Waals surface area contributed by atoms with Gasteiger partial charge in [-0.05, 0) is 88.6 Å². The summed E-state index contributed by atoms with van der Waals surface area (Å²) < 4.78 is 41.1. The smallest absolute Gasteiger partial charge is 0.251 e. The molecule has 1 aliphatic rings. The van der Waals surface area contributed by atoms with Crippen molar-refractivity contribution in [3.8, 4) is 17.0 Å². The van der Waals surface area contributed by atoms with Gasteiger partial charge in [0.05, 0.1) is 30.6 Å². The minimum Gasteiger partial charge on any atom is -0.494 e. The molecule has 0 bridgehead atoms. The van der Waals surface area contributed by atoms with E-state index in [1.807, 2.05) is 13.0 Å². The Morgan fingerprint density at radius 2 is 1.88 bits per heavy atom. The first kappa shape index (κ1) is 28.5. The summed E-state index contributed by atoms with van der Waals surface area (Å²) in [5.41, 5.74) is -0.294. The molecule has 0 aliphatic carbocycles. The molecular weight excluding hydrogens is 530 g/mol.